The predicted octanol–water partition coefficient (Wildman–Crippen LogP) is 2.22. The first-order valence-electron chi connectivity index (χ1n) is 8.96. The van der Waals surface area contributed by atoms with Crippen molar-refractivity contribution in [3.63, 3.8) is 0 Å². The number of hydrazine groups is 1. The highest BCUT2D eigenvalue weighted by Crippen LogP contribution is 2.13. The number of unbranched alkanes of at least 4 members (excludes halogenated alkanes) is 2. The molecule has 152 valence electrons. The number of furan rings is 1. The van der Waals surface area contributed by atoms with E-state index in [2.05, 4.69) is 10.9 Å². The summed E-state index contributed by atoms with van der Waals surface area (Å²) in [4.78, 5) is 23.7. The van der Waals surface area contributed by atoms with E-state index in [-0.39, 0.29) is 18.1 Å². The summed E-state index contributed by atoms with van der Waals surface area (Å²) in [7, 11) is -3.50. The van der Waals surface area contributed by atoms with Gasteiger partial charge in [0.1, 0.15) is 23.9 Å². The largest absolute Gasteiger partial charge is 0.486 e. The number of hydrogen-bond donors (Lipinski definition) is 2. The predicted molar refractivity (Wildman–Crippen MR) is 103 cm³/mol. The van der Waals surface area contributed by atoms with E-state index in [0.29, 0.717) is 17.9 Å². The number of nitrogens with one attached hydrogen (secondary N) is 2. The molecular weight excluding hydrogens is 384 g/mol. The Balaban J connectivity index is 1.77. The minimum atomic E-state index is -3.50. The maximum atomic E-state index is 12.0. The van der Waals surface area contributed by atoms with E-state index in [1.54, 1.807) is 18.2 Å². The van der Waals surface area contributed by atoms with Gasteiger partial charge in [0, 0.05) is 0 Å². The molecule has 0 radical (unpaired) electrons. The lowest BCUT2D eigenvalue weighted by molar-refractivity contribution is -0.119. The zero-order valence-corrected chi connectivity index (χ0v) is 16.5. The minimum absolute atomic E-state index is 0.0298. The van der Waals surface area contributed by atoms with Crippen LogP contribution in [0, 0.1) is 0 Å². The normalized spacial score (nSPS) is 11.0. The zero-order chi connectivity index (χ0) is 20.4. The maximum absolute atomic E-state index is 12.0. The van der Waals surface area contributed by atoms with E-state index in [0.717, 1.165) is 12.8 Å². The molecule has 0 fully saturated rings. The van der Waals surface area contributed by atoms with Crippen LogP contribution in [0.25, 0.3) is 0 Å². The van der Waals surface area contributed by atoms with Gasteiger partial charge in [-0.05, 0) is 30.7 Å². The van der Waals surface area contributed by atoms with Gasteiger partial charge in [0.15, 0.2) is 15.6 Å². The lowest BCUT2D eigenvalue weighted by Gasteiger charge is -2.07. The SMILES string of the molecule is CCCCCS(=O)(=O)CC(=O)NNC(=O)c1ccc(COc2ccccc2)o1. The average molecular weight is 408 g/mol. The van der Waals surface area contributed by atoms with E-state index in [9.17, 15) is 18.0 Å². The topological polar surface area (TPSA) is 115 Å². The van der Waals surface area contributed by atoms with Crippen LogP contribution in [0.3, 0.4) is 0 Å². The standard InChI is InChI=1S/C19H24N2O6S/c1-2-3-7-12-28(24,25)14-18(22)20-21-19(23)17-11-10-16(27-17)13-26-15-8-5-4-6-9-15/h4-6,8-11H,2-3,7,12-14H2,1H3,(H,20,22)(H,21,23). The molecule has 0 bridgehead atoms. The van der Waals surface area contributed by atoms with Gasteiger partial charge >= 0.3 is 5.91 Å². The van der Waals surface area contributed by atoms with E-state index < -0.39 is 27.4 Å². The van der Waals surface area contributed by atoms with Crippen molar-refractivity contribution in [2.75, 3.05) is 11.5 Å². The molecule has 2 N–H and O–H groups in total. The fourth-order valence-electron chi connectivity index (χ4n) is 2.32. The monoisotopic (exact) mass is 408 g/mol. The first-order valence-corrected chi connectivity index (χ1v) is 10.8. The third-order valence-corrected chi connectivity index (χ3v) is 5.35. The number of amides is 2. The lowest BCUT2D eigenvalue weighted by atomic mass is 10.3. The number of benzene rings is 1. The van der Waals surface area contributed by atoms with Gasteiger partial charge in [-0.2, -0.15) is 0 Å². The fourth-order valence-corrected chi connectivity index (χ4v) is 3.58. The van der Waals surface area contributed by atoms with Gasteiger partial charge in [0.05, 0.1) is 5.75 Å². The molecule has 9 heteroatoms. The maximum Gasteiger partial charge on any atom is 0.305 e. The minimum Gasteiger partial charge on any atom is -0.486 e. The van der Waals surface area contributed by atoms with Crippen molar-refractivity contribution in [3.05, 3.63) is 54.0 Å². The number of rotatable bonds is 10. The van der Waals surface area contributed by atoms with Crippen LogP contribution < -0.4 is 15.6 Å². The third kappa shape index (κ3) is 7.43. The first kappa shape index (κ1) is 21.5. The number of sulfone groups is 1. The molecular formula is C19H24N2O6S. The van der Waals surface area contributed by atoms with Crippen LogP contribution >= 0.6 is 0 Å². The lowest BCUT2D eigenvalue weighted by Crippen LogP contribution is -2.44. The molecule has 1 heterocycles. The van der Waals surface area contributed by atoms with Crippen LogP contribution in [0.5, 0.6) is 5.75 Å². The average Bonchev–Trinajstić information content (AvgIpc) is 3.14. The van der Waals surface area contributed by atoms with Crippen molar-refractivity contribution < 1.29 is 27.2 Å². The molecule has 0 aliphatic carbocycles. The fraction of sp³-hybridized carbons (Fsp3) is 0.368. The molecule has 0 aliphatic heterocycles. The Hall–Kier alpha value is -2.81. The summed E-state index contributed by atoms with van der Waals surface area (Å²) >= 11 is 0. The van der Waals surface area contributed by atoms with E-state index in [1.165, 1.54) is 6.07 Å². The summed E-state index contributed by atoms with van der Waals surface area (Å²) in [6.45, 7) is 2.10. The highest BCUT2D eigenvalue weighted by atomic mass is 32.2. The molecule has 8 nitrogen and oxygen atoms in total. The second-order valence-electron chi connectivity index (χ2n) is 6.17. The number of para-hydroxylation sites is 1. The second-order valence-corrected chi connectivity index (χ2v) is 8.35. The molecule has 28 heavy (non-hydrogen) atoms. The second kappa shape index (κ2) is 10.5. The van der Waals surface area contributed by atoms with Crippen molar-refractivity contribution in [3.8, 4) is 5.75 Å². The summed E-state index contributed by atoms with van der Waals surface area (Å²) in [6.07, 6.45) is 2.18. The highest BCUT2D eigenvalue weighted by molar-refractivity contribution is 7.92. The molecule has 1 aromatic carbocycles. The molecule has 0 aliphatic rings. The van der Waals surface area contributed by atoms with Crippen LogP contribution in [0.1, 0.15) is 42.5 Å². The highest BCUT2D eigenvalue weighted by Gasteiger charge is 2.18. The van der Waals surface area contributed by atoms with Gasteiger partial charge in [-0.15, -0.1) is 0 Å². The molecule has 0 unspecified atom stereocenters. The van der Waals surface area contributed by atoms with Gasteiger partial charge in [0.25, 0.3) is 5.91 Å². The van der Waals surface area contributed by atoms with Crippen LogP contribution in [0.15, 0.2) is 46.9 Å². The Morgan fingerprint density at radius 3 is 2.50 bits per heavy atom. The molecule has 0 saturated heterocycles. The van der Waals surface area contributed by atoms with Gasteiger partial charge in [-0.3, -0.25) is 20.4 Å². The molecule has 0 spiro atoms. The number of carbonyl (C=O) groups is 2. The van der Waals surface area contributed by atoms with E-state index >= 15 is 0 Å². The van der Waals surface area contributed by atoms with Crippen molar-refractivity contribution in [1.82, 2.24) is 10.9 Å². The van der Waals surface area contributed by atoms with Gasteiger partial charge in [-0.1, -0.05) is 38.0 Å². The molecule has 2 amide bonds. The van der Waals surface area contributed by atoms with Gasteiger partial charge in [-0.25, -0.2) is 8.42 Å². The summed E-state index contributed by atoms with van der Waals surface area (Å²) in [6, 6.07) is 12.1. The molecule has 2 aromatic rings. The van der Waals surface area contributed by atoms with Crippen LogP contribution in [0.2, 0.25) is 0 Å². The van der Waals surface area contributed by atoms with Crippen molar-refractivity contribution in [2.45, 2.75) is 32.8 Å². The Bertz CT molecular complexity index is 877. The Morgan fingerprint density at radius 2 is 1.79 bits per heavy atom. The summed E-state index contributed by atoms with van der Waals surface area (Å²) in [5.74, 6) is -1.16. The number of carbonyl (C=O) groups excluding carboxylic acids is 2. The molecule has 2 rings (SSSR count). The summed E-state index contributed by atoms with van der Waals surface area (Å²) < 4.78 is 34.5. The smallest absolute Gasteiger partial charge is 0.305 e. The van der Waals surface area contributed by atoms with Crippen molar-refractivity contribution in [1.29, 1.82) is 0 Å². The van der Waals surface area contributed by atoms with Gasteiger partial charge < -0.3 is 9.15 Å². The Labute approximate surface area is 164 Å². The van der Waals surface area contributed by atoms with Gasteiger partial charge in [0.2, 0.25) is 0 Å². The Morgan fingerprint density at radius 1 is 1.04 bits per heavy atom. The van der Waals surface area contributed by atoms with Crippen LogP contribution in [-0.4, -0.2) is 31.7 Å². The van der Waals surface area contributed by atoms with E-state index in [4.69, 9.17) is 9.15 Å². The number of hydrogen-bond acceptors (Lipinski definition) is 6. The number of ether oxygens (including phenoxy) is 1. The molecule has 1 aromatic heterocycles. The molecule has 0 atom stereocenters. The zero-order valence-electron chi connectivity index (χ0n) is 15.6. The van der Waals surface area contributed by atoms with Crippen LogP contribution in [0.4, 0.5) is 0 Å². The summed E-state index contributed by atoms with van der Waals surface area (Å²) in [5, 5.41) is 0. The third-order valence-electron chi connectivity index (χ3n) is 3.74. The van der Waals surface area contributed by atoms with Crippen molar-refractivity contribution in [2.24, 2.45) is 0 Å². The molecule has 0 saturated carbocycles. The quantitative estimate of drug-likeness (QED) is 0.460. The first-order chi connectivity index (χ1) is 13.4. The van der Waals surface area contributed by atoms with Crippen LogP contribution in [-0.2, 0) is 21.2 Å². The van der Waals surface area contributed by atoms with Crippen molar-refractivity contribution >= 4 is 21.7 Å². The Kier molecular flexibility index (Phi) is 8.06. The summed E-state index contributed by atoms with van der Waals surface area (Å²) in [5.41, 5.74) is 4.22. The van der Waals surface area contributed by atoms with E-state index in [1.807, 2.05) is 25.1 Å².